The summed E-state index contributed by atoms with van der Waals surface area (Å²) >= 11 is 0. The third kappa shape index (κ3) is 34.1. The van der Waals surface area contributed by atoms with Crippen molar-refractivity contribution in [1.82, 2.24) is 0 Å². The molecule has 0 spiro atoms. The highest BCUT2D eigenvalue weighted by Gasteiger charge is 2.25. The van der Waals surface area contributed by atoms with Crippen molar-refractivity contribution in [2.24, 2.45) is 0 Å². The Kier molecular flexibility index (Phi) is 35.1. The van der Waals surface area contributed by atoms with Crippen molar-refractivity contribution in [2.75, 3.05) is 41.0 Å². The largest absolute Gasteiger partial charge is 0.544 e. The molecule has 0 rings (SSSR count). The Hall–Kier alpha value is -1.67. The summed E-state index contributed by atoms with van der Waals surface area (Å²) in [6, 6.07) is -0.718. The number of carboxylic acid groups (broad SMARTS) is 1. The molecule has 308 valence electrons. The Bertz CT molecular complexity index is 828. The first-order valence-corrected chi connectivity index (χ1v) is 22.1. The van der Waals surface area contributed by atoms with E-state index < -0.39 is 18.1 Å². The van der Waals surface area contributed by atoms with E-state index in [1.807, 2.05) is 0 Å². The zero-order valence-electron chi connectivity index (χ0n) is 35.0. The zero-order valence-corrected chi connectivity index (χ0v) is 35.0. The number of ether oxygens (including phenoxy) is 3. The van der Waals surface area contributed by atoms with Gasteiger partial charge in [-0.1, -0.05) is 181 Å². The van der Waals surface area contributed by atoms with Crippen LogP contribution < -0.4 is 5.11 Å². The first kappa shape index (κ1) is 50.3. The van der Waals surface area contributed by atoms with Gasteiger partial charge in [0.15, 0.2) is 6.10 Å². The van der Waals surface area contributed by atoms with Crippen LogP contribution >= 0.6 is 0 Å². The molecule has 2 unspecified atom stereocenters. The Morgan fingerprint density at radius 2 is 0.846 bits per heavy atom. The zero-order chi connectivity index (χ0) is 38.5. The van der Waals surface area contributed by atoms with Gasteiger partial charge in [-0.2, -0.15) is 0 Å². The third-order valence-corrected chi connectivity index (χ3v) is 10.2. The summed E-state index contributed by atoms with van der Waals surface area (Å²) in [5, 5.41) is 11.6. The van der Waals surface area contributed by atoms with Crippen LogP contribution in [0.3, 0.4) is 0 Å². The van der Waals surface area contributed by atoms with Crippen molar-refractivity contribution >= 4 is 17.9 Å². The molecule has 0 heterocycles. The molecule has 0 radical (unpaired) electrons. The van der Waals surface area contributed by atoms with Crippen LogP contribution in [0.1, 0.15) is 213 Å². The van der Waals surface area contributed by atoms with Gasteiger partial charge in [0.1, 0.15) is 12.6 Å². The van der Waals surface area contributed by atoms with Gasteiger partial charge in [0.05, 0.1) is 40.3 Å². The average Bonchev–Trinajstić information content (AvgIpc) is 3.09. The molecule has 0 aliphatic carbocycles. The lowest BCUT2D eigenvalue weighted by Gasteiger charge is -2.34. The molecule has 0 aliphatic heterocycles. The van der Waals surface area contributed by atoms with Crippen molar-refractivity contribution < 1.29 is 38.2 Å². The molecule has 52 heavy (non-hydrogen) atoms. The maximum atomic E-state index is 12.6. The summed E-state index contributed by atoms with van der Waals surface area (Å²) in [6.45, 7) is 4.65. The van der Waals surface area contributed by atoms with Gasteiger partial charge in [0, 0.05) is 19.3 Å². The number of likely N-dealkylation sites (N-methyl/N-ethyl adjacent to an activating group) is 1. The average molecular weight is 740 g/mol. The summed E-state index contributed by atoms with van der Waals surface area (Å²) < 4.78 is 17.1. The smallest absolute Gasteiger partial charge is 0.306 e. The maximum absolute atomic E-state index is 12.6. The fourth-order valence-corrected chi connectivity index (χ4v) is 6.78. The third-order valence-electron chi connectivity index (χ3n) is 10.2. The summed E-state index contributed by atoms with van der Waals surface area (Å²) in [7, 11) is 5.41. The molecule has 0 aromatic heterocycles. The van der Waals surface area contributed by atoms with E-state index in [0.717, 1.165) is 38.5 Å². The quantitative estimate of drug-likeness (QED) is 0.0350. The molecule has 8 nitrogen and oxygen atoms in total. The van der Waals surface area contributed by atoms with Crippen LogP contribution in [-0.4, -0.2) is 75.5 Å². The number of hydrogen-bond donors (Lipinski definition) is 0. The number of carbonyl (C=O) groups is 3. The Labute approximate surface area is 321 Å². The minimum atomic E-state index is -1.12. The predicted octanol–water partition coefficient (Wildman–Crippen LogP) is 10.4. The molecule has 0 bridgehead atoms. The molecule has 0 aromatic carbocycles. The Morgan fingerprint density at radius 1 is 0.500 bits per heavy atom. The van der Waals surface area contributed by atoms with E-state index in [0.29, 0.717) is 12.8 Å². The number of esters is 2. The summed E-state index contributed by atoms with van der Waals surface area (Å²) in [5.74, 6) is -1.72. The number of nitrogens with zero attached hydrogens (tertiary/aromatic N) is 1. The van der Waals surface area contributed by atoms with Crippen molar-refractivity contribution in [3.05, 3.63) is 0 Å². The monoisotopic (exact) mass is 740 g/mol. The SMILES string of the molecule is CCCCCCCCCCCCCCCCCCCCCCCC(=O)OCC(COCCC(C(=O)[O-])[N+](C)(C)C)OC(=O)CCCCCCCCC. The number of quaternary nitrogens is 1. The molecular formula is C44H85NO7. The second-order valence-corrected chi connectivity index (χ2v) is 16.3. The normalized spacial score (nSPS) is 12.9. The number of carbonyl (C=O) groups excluding carboxylic acids is 3. The number of carboxylic acids is 1. The summed E-state index contributed by atoms with van der Waals surface area (Å²) in [6.07, 6.45) is 35.8. The second-order valence-electron chi connectivity index (χ2n) is 16.3. The van der Waals surface area contributed by atoms with Crippen molar-refractivity contribution in [2.45, 2.75) is 225 Å². The highest BCUT2D eigenvalue weighted by Crippen LogP contribution is 2.16. The molecule has 0 aromatic rings. The van der Waals surface area contributed by atoms with Crippen LogP contribution in [0.25, 0.3) is 0 Å². The number of aliphatic carboxylic acids is 1. The van der Waals surface area contributed by atoms with Crippen molar-refractivity contribution in [3.63, 3.8) is 0 Å². The van der Waals surface area contributed by atoms with Crippen LogP contribution in [0.2, 0.25) is 0 Å². The Morgan fingerprint density at radius 3 is 1.19 bits per heavy atom. The van der Waals surface area contributed by atoms with Gasteiger partial charge in [0.25, 0.3) is 0 Å². The van der Waals surface area contributed by atoms with Crippen LogP contribution in [0, 0.1) is 0 Å². The summed E-state index contributed by atoms with van der Waals surface area (Å²) in [4.78, 5) is 36.6. The second kappa shape index (κ2) is 36.3. The molecular weight excluding hydrogens is 654 g/mol. The van der Waals surface area contributed by atoms with E-state index in [1.54, 1.807) is 21.1 Å². The maximum Gasteiger partial charge on any atom is 0.306 e. The lowest BCUT2D eigenvalue weighted by Crippen LogP contribution is -2.55. The van der Waals surface area contributed by atoms with Gasteiger partial charge < -0.3 is 28.6 Å². The molecule has 0 amide bonds. The lowest BCUT2D eigenvalue weighted by atomic mass is 10.0. The van der Waals surface area contributed by atoms with Gasteiger partial charge >= 0.3 is 11.9 Å². The predicted molar refractivity (Wildman–Crippen MR) is 213 cm³/mol. The van der Waals surface area contributed by atoms with Crippen molar-refractivity contribution in [1.29, 1.82) is 0 Å². The highest BCUT2D eigenvalue weighted by molar-refractivity contribution is 5.70. The van der Waals surface area contributed by atoms with E-state index in [2.05, 4.69) is 13.8 Å². The number of rotatable bonds is 40. The van der Waals surface area contributed by atoms with E-state index in [1.165, 1.54) is 141 Å². The van der Waals surface area contributed by atoms with E-state index in [4.69, 9.17) is 14.2 Å². The van der Waals surface area contributed by atoms with Gasteiger partial charge in [-0.25, -0.2) is 0 Å². The molecule has 8 heteroatoms. The van der Waals surface area contributed by atoms with Gasteiger partial charge in [-0.15, -0.1) is 0 Å². The van der Waals surface area contributed by atoms with Crippen molar-refractivity contribution in [3.8, 4) is 0 Å². The van der Waals surface area contributed by atoms with Crippen LogP contribution in [0.5, 0.6) is 0 Å². The Balaban J connectivity index is 4.08. The number of unbranched alkanes of at least 4 members (excludes halogenated alkanes) is 26. The van der Waals surface area contributed by atoms with Gasteiger partial charge in [-0.05, 0) is 12.8 Å². The van der Waals surface area contributed by atoms with E-state index in [-0.39, 0.29) is 42.7 Å². The summed E-state index contributed by atoms with van der Waals surface area (Å²) in [5.41, 5.74) is 0. The molecule has 0 saturated heterocycles. The fourth-order valence-electron chi connectivity index (χ4n) is 6.78. The molecule has 0 saturated carbocycles. The minimum absolute atomic E-state index is 0.0479. The molecule has 0 N–H and O–H groups in total. The van der Waals surface area contributed by atoms with E-state index in [9.17, 15) is 19.5 Å². The van der Waals surface area contributed by atoms with Crippen LogP contribution in [-0.2, 0) is 28.6 Å². The van der Waals surface area contributed by atoms with E-state index >= 15 is 0 Å². The highest BCUT2D eigenvalue weighted by atomic mass is 16.6. The van der Waals surface area contributed by atoms with Crippen LogP contribution in [0.15, 0.2) is 0 Å². The fraction of sp³-hybridized carbons (Fsp3) is 0.932. The topological polar surface area (TPSA) is 102 Å². The molecule has 2 atom stereocenters. The first-order valence-electron chi connectivity index (χ1n) is 22.1. The first-order chi connectivity index (χ1) is 25.1. The minimum Gasteiger partial charge on any atom is -0.544 e. The molecule has 0 fully saturated rings. The van der Waals surface area contributed by atoms with Crippen LogP contribution in [0.4, 0.5) is 0 Å². The van der Waals surface area contributed by atoms with Gasteiger partial charge in [0.2, 0.25) is 0 Å². The number of hydrogen-bond acceptors (Lipinski definition) is 7. The standard InChI is InChI=1S/C44H85NO7/c1-6-8-10-12-14-15-16-17-18-19-20-21-22-23-24-25-26-27-29-30-32-34-42(46)51-39-40(38-50-37-36-41(44(48)49)45(3,4)5)52-43(47)35-33-31-28-13-11-9-7-2/h40-41H,6-39H2,1-5H3. The molecule has 0 aliphatic rings. The lowest BCUT2D eigenvalue weighted by molar-refractivity contribution is -0.889. The van der Waals surface area contributed by atoms with Gasteiger partial charge in [-0.3, -0.25) is 9.59 Å².